The molecule has 30 heavy (non-hydrogen) atoms. The lowest BCUT2D eigenvalue weighted by Gasteiger charge is -2.10. The van der Waals surface area contributed by atoms with Crippen molar-refractivity contribution < 1.29 is 27.7 Å². The van der Waals surface area contributed by atoms with E-state index >= 15 is 0 Å². The second-order valence-corrected chi connectivity index (χ2v) is 7.68. The molecular formula is C21H18F2N2O4S. The number of halogens is 2. The van der Waals surface area contributed by atoms with Gasteiger partial charge in [-0.05, 0) is 35.4 Å². The normalized spacial score (nSPS) is 12.6. The lowest BCUT2D eigenvalue weighted by Crippen LogP contribution is -2.19. The summed E-state index contributed by atoms with van der Waals surface area (Å²) in [6, 6.07) is 11.2. The van der Waals surface area contributed by atoms with Crippen molar-refractivity contribution in [2.24, 2.45) is 4.99 Å². The standard InChI is InChI=1S/C21H18F2N2O4S/c1-29-21(26)20-16(4-3-5-17(20)22)13-6-7-14(18(23)10-13)12-24-19-11-15(30(2)28)8-9-25(19)27/h3-11,27H,12H2,1-2H3. The predicted octanol–water partition coefficient (Wildman–Crippen LogP) is 3.30. The molecule has 6 nitrogen and oxygen atoms in total. The number of rotatable bonds is 5. The van der Waals surface area contributed by atoms with Crippen LogP contribution < -0.4 is 5.49 Å². The summed E-state index contributed by atoms with van der Waals surface area (Å²) in [4.78, 5) is 16.6. The Bertz CT molecular complexity index is 1210. The third kappa shape index (κ3) is 4.46. The maximum atomic E-state index is 14.7. The SMILES string of the molecule is COC(=O)c1c(F)cccc1-c1ccc(CN=c2cc(S(C)=O)ccn2O)c(F)c1. The van der Waals surface area contributed by atoms with E-state index in [1.54, 1.807) is 6.07 Å². The number of esters is 1. The number of carbonyl (C=O) groups is 1. The van der Waals surface area contributed by atoms with Crippen LogP contribution in [-0.4, -0.2) is 33.5 Å². The number of pyridine rings is 1. The van der Waals surface area contributed by atoms with E-state index in [1.807, 2.05) is 0 Å². The first-order chi connectivity index (χ1) is 14.3. The number of aromatic nitrogens is 1. The van der Waals surface area contributed by atoms with Crippen molar-refractivity contribution in [2.75, 3.05) is 13.4 Å². The second-order valence-electron chi connectivity index (χ2n) is 6.30. The van der Waals surface area contributed by atoms with Gasteiger partial charge in [-0.3, -0.25) is 9.20 Å². The highest BCUT2D eigenvalue weighted by atomic mass is 32.2. The molecule has 0 radical (unpaired) electrons. The first-order valence-electron chi connectivity index (χ1n) is 8.73. The van der Waals surface area contributed by atoms with E-state index < -0.39 is 28.4 Å². The molecule has 0 aliphatic carbocycles. The summed E-state index contributed by atoms with van der Waals surface area (Å²) < 4.78 is 45.8. The van der Waals surface area contributed by atoms with E-state index in [9.17, 15) is 23.0 Å². The predicted molar refractivity (Wildman–Crippen MR) is 106 cm³/mol. The largest absolute Gasteiger partial charge is 0.465 e. The van der Waals surface area contributed by atoms with Crippen molar-refractivity contribution in [2.45, 2.75) is 11.4 Å². The molecule has 0 amide bonds. The van der Waals surface area contributed by atoms with Gasteiger partial charge >= 0.3 is 5.97 Å². The molecule has 3 aromatic rings. The van der Waals surface area contributed by atoms with E-state index in [1.165, 1.54) is 48.9 Å². The van der Waals surface area contributed by atoms with Gasteiger partial charge in [0.1, 0.15) is 17.2 Å². The highest BCUT2D eigenvalue weighted by Gasteiger charge is 2.19. The molecule has 1 atom stereocenters. The van der Waals surface area contributed by atoms with Gasteiger partial charge in [0.05, 0.1) is 13.7 Å². The highest BCUT2D eigenvalue weighted by molar-refractivity contribution is 7.84. The zero-order valence-corrected chi connectivity index (χ0v) is 17.0. The van der Waals surface area contributed by atoms with Gasteiger partial charge in [-0.1, -0.05) is 24.3 Å². The monoisotopic (exact) mass is 432 g/mol. The van der Waals surface area contributed by atoms with E-state index in [0.717, 1.165) is 17.9 Å². The molecule has 1 unspecified atom stereocenters. The van der Waals surface area contributed by atoms with Crippen molar-refractivity contribution in [1.82, 2.24) is 4.73 Å². The van der Waals surface area contributed by atoms with Crippen molar-refractivity contribution in [3.05, 3.63) is 83.0 Å². The van der Waals surface area contributed by atoms with Crippen LogP contribution in [0.2, 0.25) is 0 Å². The maximum Gasteiger partial charge on any atom is 0.341 e. The molecule has 0 fully saturated rings. The average Bonchev–Trinajstić information content (AvgIpc) is 2.73. The van der Waals surface area contributed by atoms with Crippen LogP contribution in [0.3, 0.4) is 0 Å². The Hall–Kier alpha value is -3.33. The molecular weight excluding hydrogens is 414 g/mol. The third-order valence-corrected chi connectivity index (χ3v) is 5.31. The van der Waals surface area contributed by atoms with Crippen LogP contribution >= 0.6 is 0 Å². The summed E-state index contributed by atoms with van der Waals surface area (Å²) >= 11 is 0. The minimum absolute atomic E-state index is 0.0977. The molecule has 3 rings (SSSR count). The number of ether oxygens (including phenoxy) is 1. The quantitative estimate of drug-likeness (QED) is 0.496. The molecule has 0 saturated carbocycles. The van der Waals surface area contributed by atoms with Gasteiger partial charge in [0.25, 0.3) is 0 Å². The van der Waals surface area contributed by atoms with Gasteiger partial charge in [-0.15, -0.1) is 0 Å². The van der Waals surface area contributed by atoms with Crippen LogP contribution in [0.25, 0.3) is 11.1 Å². The highest BCUT2D eigenvalue weighted by Crippen LogP contribution is 2.28. The first kappa shape index (κ1) is 21.4. The fraction of sp³-hybridized carbons (Fsp3) is 0.143. The molecule has 2 aromatic carbocycles. The van der Waals surface area contributed by atoms with E-state index in [-0.39, 0.29) is 28.7 Å². The summed E-state index contributed by atoms with van der Waals surface area (Å²) in [7, 11) is -0.121. The van der Waals surface area contributed by atoms with Crippen molar-refractivity contribution >= 4 is 16.8 Å². The Balaban J connectivity index is 1.97. The molecule has 0 aliphatic rings. The number of methoxy groups -OCH3 is 1. The lowest BCUT2D eigenvalue weighted by atomic mass is 9.98. The molecule has 9 heteroatoms. The number of benzene rings is 2. The van der Waals surface area contributed by atoms with Crippen molar-refractivity contribution in [1.29, 1.82) is 0 Å². The number of nitrogens with zero attached hydrogens (tertiary/aromatic N) is 2. The fourth-order valence-electron chi connectivity index (χ4n) is 2.84. The molecule has 0 bridgehead atoms. The Labute approximate surface area is 173 Å². The van der Waals surface area contributed by atoms with Crippen LogP contribution in [0, 0.1) is 11.6 Å². The summed E-state index contributed by atoms with van der Waals surface area (Å²) in [6.45, 7) is -0.0977. The molecule has 0 aliphatic heterocycles. The average molecular weight is 432 g/mol. The van der Waals surface area contributed by atoms with Crippen molar-refractivity contribution in [3.63, 3.8) is 0 Å². The van der Waals surface area contributed by atoms with Gasteiger partial charge < -0.3 is 9.94 Å². The first-order valence-corrected chi connectivity index (χ1v) is 10.3. The lowest BCUT2D eigenvalue weighted by molar-refractivity contribution is 0.0596. The minimum atomic E-state index is -1.26. The Morgan fingerprint density at radius 3 is 2.60 bits per heavy atom. The van der Waals surface area contributed by atoms with E-state index in [2.05, 4.69) is 9.73 Å². The zero-order chi connectivity index (χ0) is 21.8. The van der Waals surface area contributed by atoms with Gasteiger partial charge in [0.15, 0.2) is 5.49 Å². The molecule has 1 aromatic heterocycles. The van der Waals surface area contributed by atoms with Crippen LogP contribution in [0.4, 0.5) is 8.78 Å². The summed E-state index contributed by atoms with van der Waals surface area (Å²) in [5, 5.41) is 9.84. The van der Waals surface area contributed by atoms with Crippen LogP contribution in [0.5, 0.6) is 0 Å². The van der Waals surface area contributed by atoms with E-state index in [0.29, 0.717) is 10.5 Å². The van der Waals surface area contributed by atoms with Gasteiger partial charge in [0.2, 0.25) is 0 Å². The molecule has 1 heterocycles. The Kier molecular flexibility index (Phi) is 6.41. The minimum Gasteiger partial charge on any atom is -0.465 e. The van der Waals surface area contributed by atoms with Crippen LogP contribution in [-0.2, 0) is 22.1 Å². The number of hydrogen-bond donors (Lipinski definition) is 1. The Morgan fingerprint density at radius 1 is 1.17 bits per heavy atom. The summed E-state index contributed by atoms with van der Waals surface area (Å²) in [5.41, 5.74) is 0.567. The Morgan fingerprint density at radius 2 is 1.93 bits per heavy atom. The number of hydrogen-bond acceptors (Lipinski definition) is 5. The van der Waals surface area contributed by atoms with Crippen LogP contribution in [0.1, 0.15) is 15.9 Å². The molecule has 0 saturated heterocycles. The van der Waals surface area contributed by atoms with Gasteiger partial charge in [-0.25, -0.2) is 13.6 Å². The third-order valence-electron chi connectivity index (χ3n) is 4.40. The summed E-state index contributed by atoms with van der Waals surface area (Å²) in [6.07, 6.45) is 2.79. The smallest absolute Gasteiger partial charge is 0.341 e. The zero-order valence-electron chi connectivity index (χ0n) is 16.1. The molecule has 156 valence electrons. The van der Waals surface area contributed by atoms with Crippen LogP contribution in [0.15, 0.2) is 64.6 Å². The fourth-order valence-corrected chi connectivity index (χ4v) is 3.37. The molecule has 1 N–H and O–H groups in total. The van der Waals surface area contributed by atoms with E-state index in [4.69, 9.17) is 0 Å². The number of carbonyl (C=O) groups excluding carboxylic acids is 1. The topological polar surface area (TPSA) is 80.9 Å². The molecule has 0 spiro atoms. The van der Waals surface area contributed by atoms with Gasteiger partial charge in [-0.2, -0.15) is 4.73 Å². The van der Waals surface area contributed by atoms with Crippen molar-refractivity contribution in [3.8, 4) is 11.1 Å². The van der Waals surface area contributed by atoms with Gasteiger partial charge in [0, 0.05) is 33.7 Å². The second kappa shape index (κ2) is 9.00. The summed E-state index contributed by atoms with van der Waals surface area (Å²) in [5.74, 6) is -2.24. The maximum absolute atomic E-state index is 14.7.